The summed E-state index contributed by atoms with van der Waals surface area (Å²) in [6.07, 6.45) is 3.42. The second-order valence-corrected chi connectivity index (χ2v) is 4.90. The van der Waals surface area contributed by atoms with E-state index >= 15 is 0 Å². The van der Waals surface area contributed by atoms with Gasteiger partial charge in [-0.05, 0) is 45.4 Å². The minimum Gasteiger partial charge on any atom is -0.330 e. The molecule has 0 amide bonds. The van der Waals surface area contributed by atoms with Crippen LogP contribution in [0.1, 0.15) is 19.3 Å². The first-order chi connectivity index (χ1) is 9.28. The Labute approximate surface area is 118 Å². The van der Waals surface area contributed by atoms with Gasteiger partial charge in [-0.1, -0.05) is 0 Å². The van der Waals surface area contributed by atoms with Crippen LogP contribution in [0, 0.1) is 0 Å². The lowest BCUT2D eigenvalue weighted by Crippen LogP contribution is -2.35. The molecule has 0 rings (SSSR count). The average Bonchev–Trinajstić information content (AvgIpc) is 2.41. The number of rotatable bonds is 14. The molecule has 6 heteroatoms. The molecule has 0 atom stereocenters. The summed E-state index contributed by atoms with van der Waals surface area (Å²) in [7, 11) is 0. The van der Waals surface area contributed by atoms with Crippen molar-refractivity contribution in [2.24, 2.45) is 22.9 Å². The van der Waals surface area contributed by atoms with Crippen molar-refractivity contribution in [1.29, 1.82) is 0 Å². The fourth-order valence-electron chi connectivity index (χ4n) is 2.20. The first-order valence-electron chi connectivity index (χ1n) is 7.53. The third-order valence-electron chi connectivity index (χ3n) is 3.21. The summed E-state index contributed by atoms with van der Waals surface area (Å²) in [5.74, 6) is 0. The molecule has 0 radical (unpaired) electrons. The SMILES string of the molecule is NCCCN(CCN)CCCCN(CCN)CCN. The lowest BCUT2D eigenvalue weighted by Gasteiger charge is -2.23. The number of hydrogen-bond donors (Lipinski definition) is 4. The van der Waals surface area contributed by atoms with E-state index in [0.717, 1.165) is 58.8 Å². The average molecular weight is 274 g/mol. The summed E-state index contributed by atoms with van der Waals surface area (Å²) in [4.78, 5) is 4.75. The highest BCUT2D eigenvalue weighted by Crippen LogP contribution is 1.99. The quantitative estimate of drug-likeness (QED) is 0.290. The summed E-state index contributed by atoms with van der Waals surface area (Å²) in [5.41, 5.74) is 22.3. The molecule has 0 aromatic carbocycles. The van der Waals surface area contributed by atoms with Crippen molar-refractivity contribution < 1.29 is 0 Å². The Hall–Kier alpha value is -0.240. The van der Waals surface area contributed by atoms with Crippen molar-refractivity contribution in [3.8, 4) is 0 Å². The number of hydrogen-bond acceptors (Lipinski definition) is 6. The second kappa shape index (κ2) is 14.2. The van der Waals surface area contributed by atoms with Gasteiger partial charge in [-0.25, -0.2) is 0 Å². The van der Waals surface area contributed by atoms with Crippen LogP contribution >= 0.6 is 0 Å². The molecule has 0 bridgehead atoms. The van der Waals surface area contributed by atoms with E-state index in [1.54, 1.807) is 0 Å². The van der Waals surface area contributed by atoms with Gasteiger partial charge >= 0.3 is 0 Å². The van der Waals surface area contributed by atoms with E-state index in [1.165, 1.54) is 12.8 Å². The van der Waals surface area contributed by atoms with Crippen molar-refractivity contribution >= 4 is 0 Å². The standard InChI is InChI=1S/C13H34N6/c14-4-3-10-18(11-5-15)8-1-2-9-19(12-6-16)13-7-17/h1-17H2. The van der Waals surface area contributed by atoms with Gasteiger partial charge in [-0.2, -0.15) is 0 Å². The second-order valence-electron chi connectivity index (χ2n) is 4.90. The van der Waals surface area contributed by atoms with Gasteiger partial charge in [-0.15, -0.1) is 0 Å². The van der Waals surface area contributed by atoms with Gasteiger partial charge < -0.3 is 32.7 Å². The van der Waals surface area contributed by atoms with Gasteiger partial charge in [-0.3, -0.25) is 0 Å². The molecule has 6 nitrogen and oxygen atoms in total. The number of nitrogens with two attached hydrogens (primary N) is 4. The Kier molecular flexibility index (Phi) is 14.0. The van der Waals surface area contributed by atoms with E-state index in [0.29, 0.717) is 13.1 Å². The molecule has 0 aliphatic heterocycles. The minimum absolute atomic E-state index is 0.704. The van der Waals surface area contributed by atoms with Crippen molar-refractivity contribution in [3.63, 3.8) is 0 Å². The first kappa shape index (κ1) is 18.8. The summed E-state index contributed by atoms with van der Waals surface area (Å²) >= 11 is 0. The van der Waals surface area contributed by atoms with Crippen LogP contribution in [0.3, 0.4) is 0 Å². The molecule has 8 N–H and O–H groups in total. The van der Waals surface area contributed by atoms with E-state index in [4.69, 9.17) is 22.9 Å². The summed E-state index contributed by atoms with van der Waals surface area (Å²) in [6, 6.07) is 0. The zero-order chi connectivity index (χ0) is 14.3. The molecular weight excluding hydrogens is 240 g/mol. The van der Waals surface area contributed by atoms with Crippen LogP contribution in [0.5, 0.6) is 0 Å². The predicted molar refractivity (Wildman–Crippen MR) is 82.9 cm³/mol. The lowest BCUT2D eigenvalue weighted by molar-refractivity contribution is 0.249. The maximum absolute atomic E-state index is 5.62. The van der Waals surface area contributed by atoms with Crippen molar-refractivity contribution in [2.45, 2.75) is 19.3 Å². The van der Waals surface area contributed by atoms with Gasteiger partial charge in [0, 0.05) is 39.3 Å². The highest BCUT2D eigenvalue weighted by atomic mass is 15.1. The Bertz CT molecular complexity index is 173. The Morgan fingerprint density at radius 1 is 0.421 bits per heavy atom. The molecule has 0 aromatic rings. The molecule has 0 aromatic heterocycles. The number of nitrogens with zero attached hydrogens (tertiary/aromatic N) is 2. The highest BCUT2D eigenvalue weighted by molar-refractivity contribution is 4.62. The topological polar surface area (TPSA) is 111 Å². The molecule has 0 aliphatic rings. The molecule has 0 aliphatic carbocycles. The van der Waals surface area contributed by atoms with Crippen molar-refractivity contribution in [1.82, 2.24) is 9.80 Å². The predicted octanol–water partition coefficient (Wildman–Crippen LogP) is -1.40. The van der Waals surface area contributed by atoms with Gasteiger partial charge in [0.15, 0.2) is 0 Å². The third-order valence-corrected chi connectivity index (χ3v) is 3.21. The van der Waals surface area contributed by atoms with Crippen LogP contribution in [0.15, 0.2) is 0 Å². The molecule has 116 valence electrons. The third kappa shape index (κ3) is 11.3. The Balaban J connectivity index is 3.71. The molecule has 0 heterocycles. The zero-order valence-electron chi connectivity index (χ0n) is 12.4. The minimum atomic E-state index is 0.704. The summed E-state index contributed by atoms with van der Waals surface area (Å²) in [5, 5.41) is 0. The molecule has 19 heavy (non-hydrogen) atoms. The normalized spacial score (nSPS) is 11.7. The fraction of sp³-hybridized carbons (Fsp3) is 1.00. The van der Waals surface area contributed by atoms with E-state index in [-0.39, 0.29) is 0 Å². The molecule has 0 spiro atoms. The van der Waals surface area contributed by atoms with E-state index in [1.807, 2.05) is 0 Å². The maximum Gasteiger partial charge on any atom is 0.0105 e. The van der Waals surface area contributed by atoms with E-state index in [2.05, 4.69) is 9.80 Å². The number of unbranched alkanes of at least 4 members (excludes halogenated alkanes) is 1. The van der Waals surface area contributed by atoms with Gasteiger partial charge in [0.25, 0.3) is 0 Å². The molecule has 0 unspecified atom stereocenters. The van der Waals surface area contributed by atoms with Crippen molar-refractivity contribution in [3.05, 3.63) is 0 Å². The molecule has 0 fully saturated rings. The fourth-order valence-corrected chi connectivity index (χ4v) is 2.20. The maximum atomic E-state index is 5.62. The van der Waals surface area contributed by atoms with Crippen LogP contribution in [0.25, 0.3) is 0 Å². The van der Waals surface area contributed by atoms with Crippen LogP contribution in [0.2, 0.25) is 0 Å². The lowest BCUT2D eigenvalue weighted by atomic mass is 10.2. The van der Waals surface area contributed by atoms with Crippen LogP contribution in [0.4, 0.5) is 0 Å². The monoisotopic (exact) mass is 274 g/mol. The van der Waals surface area contributed by atoms with Gasteiger partial charge in [0.1, 0.15) is 0 Å². The van der Waals surface area contributed by atoms with Crippen molar-refractivity contribution in [2.75, 3.05) is 65.4 Å². The smallest absolute Gasteiger partial charge is 0.0105 e. The van der Waals surface area contributed by atoms with Gasteiger partial charge in [0.2, 0.25) is 0 Å². The largest absolute Gasteiger partial charge is 0.330 e. The Morgan fingerprint density at radius 2 is 0.789 bits per heavy atom. The molecule has 0 saturated carbocycles. The van der Waals surface area contributed by atoms with Crippen LogP contribution in [-0.2, 0) is 0 Å². The summed E-state index contributed by atoms with van der Waals surface area (Å²) in [6.45, 7) is 8.98. The van der Waals surface area contributed by atoms with Gasteiger partial charge in [0.05, 0.1) is 0 Å². The molecular formula is C13H34N6. The van der Waals surface area contributed by atoms with Crippen LogP contribution < -0.4 is 22.9 Å². The van der Waals surface area contributed by atoms with E-state index < -0.39 is 0 Å². The Morgan fingerprint density at radius 3 is 1.16 bits per heavy atom. The zero-order valence-corrected chi connectivity index (χ0v) is 12.4. The van der Waals surface area contributed by atoms with E-state index in [9.17, 15) is 0 Å². The molecule has 0 saturated heterocycles. The summed E-state index contributed by atoms with van der Waals surface area (Å²) < 4.78 is 0. The first-order valence-corrected chi connectivity index (χ1v) is 7.53. The van der Waals surface area contributed by atoms with Crippen LogP contribution in [-0.4, -0.2) is 75.2 Å². The highest BCUT2D eigenvalue weighted by Gasteiger charge is 2.05.